The molecule has 2 amide bonds. The number of ether oxygens (including phenoxy) is 1. The number of anilines is 1. The molecule has 29 heavy (non-hydrogen) atoms. The number of hydrogen-bond acceptors (Lipinski definition) is 9. The van der Waals surface area contributed by atoms with E-state index in [9.17, 15) is 18.0 Å². The van der Waals surface area contributed by atoms with Gasteiger partial charge in [0.15, 0.2) is 5.82 Å². The molecule has 2 N–H and O–H groups in total. The normalized spacial score (nSPS) is 11.0. The maximum absolute atomic E-state index is 12.6. The van der Waals surface area contributed by atoms with Crippen molar-refractivity contribution in [3.05, 3.63) is 54.2 Å². The van der Waals surface area contributed by atoms with Gasteiger partial charge in [-0.2, -0.15) is 10.1 Å². The first-order valence-corrected chi connectivity index (χ1v) is 9.50. The summed E-state index contributed by atoms with van der Waals surface area (Å²) >= 11 is 0. The zero-order valence-corrected chi connectivity index (χ0v) is 16.0. The molecule has 0 atom stereocenters. The molecule has 0 aliphatic carbocycles. The molecule has 0 unspecified atom stereocenters. The Bertz CT molecular complexity index is 1160. The van der Waals surface area contributed by atoms with Crippen LogP contribution in [0.25, 0.3) is 5.82 Å². The van der Waals surface area contributed by atoms with Crippen molar-refractivity contribution in [3.8, 4) is 5.82 Å². The number of aromatic nitrogens is 5. The molecular weight excluding hydrogens is 402 g/mol. The summed E-state index contributed by atoms with van der Waals surface area (Å²) in [7, 11) is -3.26. The molecule has 0 saturated carbocycles. The van der Waals surface area contributed by atoms with Gasteiger partial charge in [0.05, 0.1) is 12.7 Å². The number of methoxy groups -OCH3 is 1. The molecule has 0 saturated heterocycles. The van der Waals surface area contributed by atoms with Gasteiger partial charge in [0, 0.05) is 11.8 Å². The fourth-order valence-corrected chi connectivity index (χ4v) is 3.44. The zero-order chi connectivity index (χ0) is 21.0. The molecule has 0 bridgehead atoms. The Morgan fingerprint density at radius 3 is 2.62 bits per heavy atom. The number of hydrogen-bond donors (Lipinski definition) is 2. The Balaban J connectivity index is 1.82. The molecule has 0 spiro atoms. The Labute approximate surface area is 165 Å². The number of amides is 2. The molecule has 150 valence electrons. The van der Waals surface area contributed by atoms with Crippen LogP contribution < -0.4 is 10.0 Å². The molecule has 0 fully saturated rings. The average Bonchev–Trinajstić information content (AvgIpc) is 3.21. The van der Waals surface area contributed by atoms with E-state index in [2.05, 4.69) is 30.1 Å². The van der Waals surface area contributed by atoms with E-state index in [-0.39, 0.29) is 11.5 Å². The molecule has 3 rings (SSSR count). The van der Waals surface area contributed by atoms with Gasteiger partial charge in [0.1, 0.15) is 17.6 Å². The lowest BCUT2D eigenvalue weighted by Crippen LogP contribution is -2.35. The van der Waals surface area contributed by atoms with Gasteiger partial charge in [0.2, 0.25) is 5.95 Å². The smallest absolute Gasteiger partial charge is 0.339 e. The van der Waals surface area contributed by atoms with Crippen LogP contribution in [0.4, 0.5) is 10.7 Å². The maximum atomic E-state index is 12.6. The van der Waals surface area contributed by atoms with Crippen LogP contribution in [0.2, 0.25) is 0 Å². The van der Waals surface area contributed by atoms with Crippen molar-refractivity contribution in [2.75, 3.05) is 12.4 Å². The third kappa shape index (κ3) is 4.52. The largest absolute Gasteiger partial charge is 0.465 e. The summed E-state index contributed by atoms with van der Waals surface area (Å²) in [6.07, 6.45) is 2.71. The molecule has 0 aliphatic heterocycles. The predicted molar refractivity (Wildman–Crippen MR) is 98.8 cm³/mol. The number of carbonyl (C=O) groups excluding carboxylic acids is 2. The first kappa shape index (κ1) is 19.9. The van der Waals surface area contributed by atoms with Crippen molar-refractivity contribution < 1.29 is 22.7 Å². The van der Waals surface area contributed by atoms with Crippen LogP contribution in [-0.2, 0) is 14.8 Å². The summed E-state index contributed by atoms with van der Waals surface area (Å²) in [5, 5.41) is 6.17. The minimum Gasteiger partial charge on any atom is -0.465 e. The molecular formula is C16H15N7O5S. The number of nitrogens with one attached hydrogen (secondary N) is 2. The van der Waals surface area contributed by atoms with Crippen LogP contribution in [-0.4, -0.2) is 52.3 Å². The topological polar surface area (TPSA) is 158 Å². The first-order valence-electron chi connectivity index (χ1n) is 8.02. The number of nitrogens with zero attached hydrogens (tertiary/aromatic N) is 5. The fraction of sp³-hybridized carbons (Fsp3) is 0.125. The summed E-state index contributed by atoms with van der Waals surface area (Å²) in [6.45, 7) is 1.66. The second-order valence-corrected chi connectivity index (χ2v) is 7.23. The van der Waals surface area contributed by atoms with Crippen molar-refractivity contribution in [1.29, 1.82) is 0 Å². The van der Waals surface area contributed by atoms with E-state index in [0.29, 0.717) is 11.5 Å². The Morgan fingerprint density at radius 1 is 1.17 bits per heavy atom. The quantitative estimate of drug-likeness (QED) is 0.569. The fourth-order valence-electron chi connectivity index (χ4n) is 2.34. The van der Waals surface area contributed by atoms with Crippen molar-refractivity contribution in [2.45, 2.75) is 11.8 Å². The van der Waals surface area contributed by atoms with Gasteiger partial charge < -0.3 is 4.74 Å². The highest BCUT2D eigenvalue weighted by Gasteiger charge is 2.25. The minimum absolute atomic E-state index is 0.149. The van der Waals surface area contributed by atoms with Crippen molar-refractivity contribution in [1.82, 2.24) is 29.5 Å². The highest BCUT2D eigenvalue weighted by molar-refractivity contribution is 7.90. The van der Waals surface area contributed by atoms with E-state index in [1.807, 2.05) is 4.72 Å². The molecule has 1 aromatic carbocycles. The number of aryl methyl sites for hydroxylation is 1. The monoisotopic (exact) mass is 417 g/mol. The van der Waals surface area contributed by atoms with Gasteiger partial charge in [-0.05, 0) is 19.1 Å². The number of esters is 1. The summed E-state index contributed by atoms with van der Waals surface area (Å²) in [5.74, 6) is -0.681. The van der Waals surface area contributed by atoms with Crippen molar-refractivity contribution in [3.63, 3.8) is 0 Å². The molecule has 2 heterocycles. The lowest BCUT2D eigenvalue weighted by molar-refractivity contribution is 0.0596. The summed E-state index contributed by atoms with van der Waals surface area (Å²) in [4.78, 5) is 35.5. The lowest BCUT2D eigenvalue weighted by atomic mass is 10.2. The van der Waals surface area contributed by atoms with E-state index in [1.165, 1.54) is 41.6 Å². The maximum Gasteiger partial charge on any atom is 0.339 e. The second kappa shape index (κ2) is 8.02. The van der Waals surface area contributed by atoms with Crippen molar-refractivity contribution >= 4 is 28.0 Å². The highest BCUT2D eigenvalue weighted by Crippen LogP contribution is 2.16. The van der Waals surface area contributed by atoms with Crippen LogP contribution in [0.1, 0.15) is 16.1 Å². The molecule has 0 radical (unpaired) electrons. The Morgan fingerprint density at radius 2 is 1.93 bits per heavy atom. The first-order chi connectivity index (χ1) is 13.8. The van der Waals surface area contributed by atoms with Crippen LogP contribution in [0, 0.1) is 6.92 Å². The zero-order valence-electron chi connectivity index (χ0n) is 15.2. The second-order valence-electron chi connectivity index (χ2n) is 5.58. The molecule has 12 nitrogen and oxygen atoms in total. The standard InChI is InChI=1S/C16H15N7O5S/c1-10-7-13(23-9-17-8-18-23)20-15(19-10)21-16(25)22-29(26,27)12-6-4-3-5-11(12)14(24)28-2/h3-9H,1-2H3,(H2,19,20,21,22,25). The van der Waals surface area contributed by atoms with Gasteiger partial charge in [-0.25, -0.2) is 37.4 Å². The van der Waals surface area contributed by atoms with Gasteiger partial charge in [-0.1, -0.05) is 12.1 Å². The highest BCUT2D eigenvalue weighted by atomic mass is 32.2. The van der Waals surface area contributed by atoms with Crippen LogP contribution in [0.15, 0.2) is 47.9 Å². The summed E-state index contributed by atoms with van der Waals surface area (Å²) in [5.41, 5.74) is 0.287. The molecule has 0 aliphatic rings. The number of urea groups is 1. The number of benzene rings is 1. The number of sulfonamides is 1. The van der Waals surface area contributed by atoms with Gasteiger partial charge in [0.25, 0.3) is 10.0 Å². The SMILES string of the molecule is COC(=O)c1ccccc1S(=O)(=O)NC(=O)Nc1nc(C)cc(-n2cncn2)n1. The van der Waals surface area contributed by atoms with Crippen LogP contribution in [0.5, 0.6) is 0 Å². The van der Waals surface area contributed by atoms with E-state index < -0.39 is 26.9 Å². The van der Waals surface area contributed by atoms with Crippen LogP contribution in [0.3, 0.4) is 0 Å². The minimum atomic E-state index is -4.37. The number of rotatable bonds is 5. The van der Waals surface area contributed by atoms with Crippen LogP contribution >= 0.6 is 0 Å². The van der Waals surface area contributed by atoms with E-state index in [1.54, 1.807) is 13.0 Å². The lowest BCUT2D eigenvalue weighted by Gasteiger charge is -2.11. The predicted octanol–water partition coefficient (Wildman–Crippen LogP) is 0.663. The molecule has 3 aromatic rings. The van der Waals surface area contributed by atoms with Crippen molar-refractivity contribution in [2.24, 2.45) is 0 Å². The Hall–Kier alpha value is -3.87. The van der Waals surface area contributed by atoms with E-state index in [4.69, 9.17) is 0 Å². The molecule has 2 aromatic heterocycles. The summed E-state index contributed by atoms with van der Waals surface area (Å²) in [6, 6.07) is 5.81. The summed E-state index contributed by atoms with van der Waals surface area (Å²) < 4.78 is 32.8. The Kier molecular flexibility index (Phi) is 5.50. The van der Waals surface area contributed by atoms with E-state index >= 15 is 0 Å². The molecule has 13 heteroatoms. The van der Waals surface area contributed by atoms with Gasteiger partial charge in [-0.15, -0.1) is 0 Å². The van der Waals surface area contributed by atoms with E-state index in [0.717, 1.165) is 7.11 Å². The van der Waals surface area contributed by atoms with Gasteiger partial charge >= 0.3 is 12.0 Å². The van der Waals surface area contributed by atoms with Gasteiger partial charge in [-0.3, -0.25) is 5.32 Å². The third-order valence-corrected chi connectivity index (χ3v) is 4.92. The third-order valence-electron chi connectivity index (χ3n) is 3.53. The average molecular weight is 417 g/mol. The number of carbonyl (C=O) groups is 2.